The van der Waals surface area contributed by atoms with Gasteiger partial charge in [-0.05, 0) is 102 Å². The van der Waals surface area contributed by atoms with E-state index < -0.39 is 0 Å². The van der Waals surface area contributed by atoms with Crippen LogP contribution in [0.2, 0.25) is 0 Å². The number of thiophene rings is 1. The van der Waals surface area contributed by atoms with Gasteiger partial charge in [-0.3, -0.25) is 0 Å². The summed E-state index contributed by atoms with van der Waals surface area (Å²) in [6.45, 7) is 13.9. The summed E-state index contributed by atoms with van der Waals surface area (Å²) in [5.74, 6) is 0. The second-order valence-corrected chi connectivity index (χ2v) is 19.3. The molecule has 292 valence electrons. The van der Waals surface area contributed by atoms with Crippen molar-refractivity contribution in [2.75, 3.05) is 4.90 Å². The molecule has 1 nitrogen and oxygen atoms in total. The monoisotopic (exact) mass is 791 g/mol. The Morgan fingerprint density at radius 1 is 0.367 bits per heavy atom. The van der Waals surface area contributed by atoms with E-state index in [0.29, 0.717) is 0 Å². The summed E-state index contributed by atoms with van der Waals surface area (Å²) >= 11 is 1.87. The molecule has 0 N–H and O–H groups in total. The number of anilines is 3. The number of rotatable bonds is 6. The molecular formula is C58H49NS. The number of fused-ring (bicyclic) bond motifs is 5. The quantitative estimate of drug-likeness (QED) is 0.162. The zero-order valence-corrected chi connectivity index (χ0v) is 36.1. The molecule has 10 rings (SSSR count). The van der Waals surface area contributed by atoms with Crippen LogP contribution in [0.5, 0.6) is 0 Å². The lowest BCUT2D eigenvalue weighted by Gasteiger charge is -2.30. The van der Waals surface area contributed by atoms with Gasteiger partial charge in [-0.1, -0.05) is 193 Å². The first-order valence-electron chi connectivity index (χ1n) is 21.1. The van der Waals surface area contributed by atoms with Gasteiger partial charge in [-0.25, -0.2) is 0 Å². The van der Waals surface area contributed by atoms with Crippen molar-refractivity contribution in [3.05, 3.63) is 199 Å². The molecule has 0 aliphatic rings. The Balaban J connectivity index is 1.25. The fourth-order valence-corrected chi connectivity index (χ4v) is 10.1. The van der Waals surface area contributed by atoms with E-state index in [0.717, 1.165) is 17.1 Å². The van der Waals surface area contributed by atoms with Crippen molar-refractivity contribution in [3.8, 4) is 33.4 Å². The average Bonchev–Trinajstić information content (AvgIpc) is 3.65. The highest BCUT2D eigenvalue weighted by Crippen LogP contribution is 2.50. The number of hydrogen-bond acceptors (Lipinski definition) is 2. The van der Waals surface area contributed by atoms with Crippen LogP contribution in [0.4, 0.5) is 17.1 Å². The molecule has 10 aromatic rings. The molecule has 0 aliphatic carbocycles. The first-order chi connectivity index (χ1) is 29.0. The molecule has 9 aromatic carbocycles. The Kier molecular flexibility index (Phi) is 9.23. The first-order valence-corrected chi connectivity index (χ1v) is 21.9. The smallest absolute Gasteiger partial charge is 0.0540 e. The van der Waals surface area contributed by atoms with Gasteiger partial charge >= 0.3 is 0 Å². The molecule has 0 spiro atoms. The van der Waals surface area contributed by atoms with E-state index in [1.165, 1.54) is 86.2 Å². The van der Waals surface area contributed by atoms with Gasteiger partial charge in [0.2, 0.25) is 0 Å². The Labute approximate surface area is 358 Å². The second-order valence-electron chi connectivity index (χ2n) is 18.2. The van der Waals surface area contributed by atoms with E-state index in [2.05, 4.69) is 234 Å². The summed E-state index contributed by atoms with van der Waals surface area (Å²) < 4.78 is 2.61. The zero-order valence-electron chi connectivity index (χ0n) is 35.3. The van der Waals surface area contributed by atoms with Crippen LogP contribution < -0.4 is 4.90 Å². The van der Waals surface area contributed by atoms with Gasteiger partial charge in [0.15, 0.2) is 0 Å². The van der Waals surface area contributed by atoms with E-state index in [1.807, 2.05) is 11.3 Å². The third-order valence-corrected chi connectivity index (χ3v) is 13.3. The maximum atomic E-state index is 2.50. The van der Waals surface area contributed by atoms with Gasteiger partial charge in [-0.15, -0.1) is 11.3 Å². The van der Waals surface area contributed by atoms with Gasteiger partial charge < -0.3 is 4.90 Å². The second kappa shape index (κ2) is 14.7. The molecule has 0 atom stereocenters. The van der Waals surface area contributed by atoms with Crippen LogP contribution in [-0.2, 0) is 10.8 Å². The SMILES string of the molecule is CC(C)(C)c1cc(-c2cccc3cccc(-c4ccccc4N(c4ccc5ccccc5c4)c4ccccc4-c4cccc5sc6ccccc6c45)c23)cc(C(C)(C)C)c1. The van der Waals surface area contributed by atoms with Crippen molar-refractivity contribution >= 4 is 70.1 Å². The Morgan fingerprint density at radius 3 is 1.53 bits per heavy atom. The lowest BCUT2D eigenvalue weighted by Crippen LogP contribution is -2.16. The lowest BCUT2D eigenvalue weighted by molar-refractivity contribution is 0.569. The van der Waals surface area contributed by atoms with Gasteiger partial charge in [0.25, 0.3) is 0 Å². The molecule has 1 aromatic heterocycles. The van der Waals surface area contributed by atoms with Crippen LogP contribution in [0.15, 0.2) is 188 Å². The van der Waals surface area contributed by atoms with E-state index >= 15 is 0 Å². The minimum Gasteiger partial charge on any atom is -0.309 e. The zero-order chi connectivity index (χ0) is 41.2. The summed E-state index contributed by atoms with van der Waals surface area (Å²) in [5.41, 5.74) is 13.4. The van der Waals surface area contributed by atoms with Crippen LogP contribution in [0, 0.1) is 0 Å². The topological polar surface area (TPSA) is 3.24 Å². The molecule has 0 bridgehead atoms. The van der Waals surface area contributed by atoms with Crippen molar-refractivity contribution in [3.63, 3.8) is 0 Å². The highest BCUT2D eigenvalue weighted by Gasteiger charge is 2.25. The minimum absolute atomic E-state index is 0.00338. The maximum absolute atomic E-state index is 2.50. The first kappa shape index (κ1) is 37.8. The predicted octanol–water partition coefficient (Wildman–Crippen LogP) is 17.4. The van der Waals surface area contributed by atoms with Gasteiger partial charge in [0.05, 0.1) is 11.4 Å². The van der Waals surface area contributed by atoms with Gasteiger partial charge in [0.1, 0.15) is 0 Å². The molecule has 0 saturated carbocycles. The van der Waals surface area contributed by atoms with E-state index in [1.54, 1.807) is 0 Å². The number of benzene rings is 9. The van der Waals surface area contributed by atoms with E-state index in [4.69, 9.17) is 0 Å². The Bertz CT molecular complexity index is 3200. The van der Waals surface area contributed by atoms with Crippen LogP contribution in [0.1, 0.15) is 52.7 Å². The summed E-state index contributed by atoms with van der Waals surface area (Å²) in [6.07, 6.45) is 0. The standard InChI is InChI=1S/C58H49NS/c1-57(2,3)42-34-41(35-43(37-42)58(4,5)6)45-25-15-20-39-21-16-26-48(55(39)45)46-22-9-12-28-51(46)59(44-33-32-38-18-7-8-19-40(38)36-44)52-29-13-10-23-47(52)49-27-17-31-54-56(49)50-24-11-14-30-53(50)60-54/h7-37H,1-6H3. The molecule has 2 heteroatoms. The molecule has 0 fully saturated rings. The predicted molar refractivity (Wildman–Crippen MR) is 263 cm³/mol. The average molecular weight is 792 g/mol. The fraction of sp³-hybridized carbons (Fsp3) is 0.138. The summed E-state index contributed by atoms with van der Waals surface area (Å²) in [6, 6.07) is 70.1. The van der Waals surface area contributed by atoms with Crippen molar-refractivity contribution in [2.45, 2.75) is 52.4 Å². The molecule has 0 radical (unpaired) electrons. The molecule has 0 saturated heterocycles. The van der Waals surface area contributed by atoms with Crippen molar-refractivity contribution in [2.24, 2.45) is 0 Å². The highest BCUT2D eigenvalue weighted by atomic mass is 32.1. The Morgan fingerprint density at radius 2 is 0.867 bits per heavy atom. The van der Waals surface area contributed by atoms with Crippen LogP contribution in [0.3, 0.4) is 0 Å². The van der Waals surface area contributed by atoms with Gasteiger partial charge in [-0.2, -0.15) is 0 Å². The maximum Gasteiger partial charge on any atom is 0.0540 e. The molecular weight excluding hydrogens is 743 g/mol. The van der Waals surface area contributed by atoms with Crippen molar-refractivity contribution in [1.82, 2.24) is 0 Å². The third kappa shape index (κ3) is 6.66. The van der Waals surface area contributed by atoms with Crippen LogP contribution >= 0.6 is 11.3 Å². The number of nitrogens with zero attached hydrogens (tertiary/aromatic N) is 1. The Hall–Kier alpha value is -6.48. The summed E-state index contributed by atoms with van der Waals surface area (Å²) in [4.78, 5) is 2.50. The van der Waals surface area contributed by atoms with Crippen LogP contribution in [0.25, 0.3) is 75.1 Å². The third-order valence-electron chi connectivity index (χ3n) is 12.1. The summed E-state index contributed by atoms with van der Waals surface area (Å²) in [5, 5.41) is 7.54. The van der Waals surface area contributed by atoms with E-state index in [-0.39, 0.29) is 10.8 Å². The van der Waals surface area contributed by atoms with Crippen LogP contribution in [-0.4, -0.2) is 0 Å². The highest BCUT2D eigenvalue weighted by molar-refractivity contribution is 7.25. The normalized spacial score (nSPS) is 12.2. The van der Waals surface area contributed by atoms with E-state index in [9.17, 15) is 0 Å². The number of hydrogen-bond donors (Lipinski definition) is 0. The summed E-state index contributed by atoms with van der Waals surface area (Å²) in [7, 11) is 0. The molecule has 0 aliphatic heterocycles. The minimum atomic E-state index is 0.00338. The fourth-order valence-electron chi connectivity index (χ4n) is 8.97. The lowest BCUT2D eigenvalue weighted by atomic mass is 9.78. The number of para-hydroxylation sites is 2. The molecule has 1 heterocycles. The largest absolute Gasteiger partial charge is 0.309 e. The van der Waals surface area contributed by atoms with Gasteiger partial charge in [0, 0.05) is 37.0 Å². The van der Waals surface area contributed by atoms with Crippen molar-refractivity contribution in [1.29, 1.82) is 0 Å². The molecule has 0 amide bonds. The van der Waals surface area contributed by atoms with Crippen molar-refractivity contribution < 1.29 is 0 Å². The molecule has 60 heavy (non-hydrogen) atoms. The molecule has 0 unspecified atom stereocenters.